The van der Waals surface area contributed by atoms with Crippen molar-refractivity contribution >= 4 is 5.91 Å². The fraction of sp³-hybridized carbons (Fsp3) is 0.474. The normalized spacial score (nSPS) is 17.3. The maximum Gasteiger partial charge on any atom is 0.348 e. The lowest BCUT2D eigenvalue weighted by molar-refractivity contribution is -0.136. The molecule has 7 nitrogen and oxygen atoms in total. The zero-order valence-electron chi connectivity index (χ0n) is 15.2. The second-order valence-corrected chi connectivity index (χ2v) is 6.68. The second kappa shape index (κ2) is 8.23. The van der Waals surface area contributed by atoms with Crippen LogP contribution in [0.1, 0.15) is 29.8 Å². The number of ether oxygens (including phenoxy) is 1. The molecule has 2 aromatic heterocycles. The van der Waals surface area contributed by atoms with Crippen LogP contribution in [0.25, 0.3) is 0 Å². The molecule has 0 bridgehead atoms. The number of carbonyl (C=O) groups excluding carboxylic acids is 1. The highest BCUT2D eigenvalue weighted by molar-refractivity contribution is 5.76. The van der Waals surface area contributed by atoms with E-state index in [1.165, 1.54) is 4.57 Å². The van der Waals surface area contributed by atoms with Crippen LogP contribution in [0.2, 0.25) is 0 Å². The molecule has 1 atom stereocenters. The van der Waals surface area contributed by atoms with Crippen LogP contribution >= 0.6 is 0 Å². The molecule has 1 fully saturated rings. The summed E-state index contributed by atoms with van der Waals surface area (Å²) < 4.78 is 7.37. The predicted octanol–water partition coefficient (Wildman–Crippen LogP) is 1.46. The maximum atomic E-state index is 12.6. The molecule has 1 saturated heterocycles. The third kappa shape index (κ3) is 4.54. The SMILES string of the molecule is Cc1cc(C)n(CC(=O)N2CCC[C@H](OCc3cccnc3)C2)c(=O)n1. The van der Waals surface area contributed by atoms with Crippen molar-refractivity contribution in [1.82, 2.24) is 19.4 Å². The lowest BCUT2D eigenvalue weighted by Crippen LogP contribution is -2.45. The van der Waals surface area contributed by atoms with E-state index in [4.69, 9.17) is 4.74 Å². The number of amides is 1. The molecule has 26 heavy (non-hydrogen) atoms. The van der Waals surface area contributed by atoms with Crippen molar-refractivity contribution in [3.63, 3.8) is 0 Å². The van der Waals surface area contributed by atoms with Gasteiger partial charge in [-0.3, -0.25) is 14.3 Å². The van der Waals surface area contributed by atoms with Crippen LogP contribution in [0.3, 0.4) is 0 Å². The maximum absolute atomic E-state index is 12.6. The van der Waals surface area contributed by atoms with Crippen molar-refractivity contribution in [2.75, 3.05) is 13.1 Å². The molecule has 7 heteroatoms. The number of nitrogens with zero attached hydrogens (tertiary/aromatic N) is 4. The molecule has 138 valence electrons. The second-order valence-electron chi connectivity index (χ2n) is 6.68. The van der Waals surface area contributed by atoms with Crippen molar-refractivity contribution < 1.29 is 9.53 Å². The molecule has 3 rings (SSSR count). The number of likely N-dealkylation sites (tertiary alicyclic amines) is 1. The first-order valence-corrected chi connectivity index (χ1v) is 8.86. The Morgan fingerprint density at radius 3 is 2.96 bits per heavy atom. The molecule has 0 saturated carbocycles. The minimum atomic E-state index is -0.378. The van der Waals surface area contributed by atoms with Gasteiger partial charge in [0, 0.05) is 36.9 Å². The highest BCUT2D eigenvalue weighted by Crippen LogP contribution is 2.15. The first-order valence-electron chi connectivity index (χ1n) is 8.86. The Morgan fingerprint density at radius 1 is 1.38 bits per heavy atom. The zero-order valence-corrected chi connectivity index (χ0v) is 15.2. The third-order valence-electron chi connectivity index (χ3n) is 4.58. The summed E-state index contributed by atoms with van der Waals surface area (Å²) in [6, 6.07) is 5.66. The van der Waals surface area contributed by atoms with E-state index in [2.05, 4.69) is 9.97 Å². The number of carbonyl (C=O) groups is 1. The molecule has 0 unspecified atom stereocenters. The van der Waals surface area contributed by atoms with Gasteiger partial charge in [0.25, 0.3) is 0 Å². The van der Waals surface area contributed by atoms with Gasteiger partial charge in [-0.25, -0.2) is 4.79 Å². The summed E-state index contributed by atoms with van der Waals surface area (Å²) in [6.07, 6.45) is 5.33. The number of hydrogen-bond acceptors (Lipinski definition) is 5. The highest BCUT2D eigenvalue weighted by atomic mass is 16.5. The molecular formula is C19H24N4O3. The summed E-state index contributed by atoms with van der Waals surface area (Å²) in [5.41, 5.74) is 2.05. The van der Waals surface area contributed by atoms with E-state index in [1.54, 1.807) is 24.2 Å². The molecule has 2 aromatic rings. The molecule has 1 aliphatic rings. The standard InChI is InChI=1S/C19H24N4O3/c1-14-9-15(2)23(19(25)21-14)12-18(24)22-8-4-6-17(11-22)26-13-16-5-3-7-20-10-16/h3,5,7,9-10,17H,4,6,8,11-13H2,1-2H3/t17-/m0/s1. The van der Waals surface area contributed by atoms with Crippen LogP contribution in [-0.2, 0) is 22.7 Å². The molecule has 3 heterocycles. The summed E-state index contributed by atoms with van der Waals surface area (Å²) >= 11 is 0. The highest BCUT2D eigenvalue weighted by Gasteiger charge is 2.25. The first kappa shape index (κ1) is 18.3. The van der Waals surface area contributed by atoms with Gasteiger partial charge in [-0.15, -0.1) is 0 Å². The van der Waals surface area contributed by atoms with E-state index in [9.17, 15) is 9.59 Å². The van der Waals surface area contributed by atoms with Gasteiger partial charge in [0.15, 0.2) is 0 Å². The smallest absolute Gasteiger partial charge is 0.348 e. The largest absolute Gasteiger partial charge is 0.372 e. The predicted molar refractivity (Wildman–Crippen MR) is 96.6 cm³/mol. The van der Waals surface area contributed by atoms with Gasteiger partial charge in [-0.2, -0.15) is 4.98 Å². The number of pyridine rings is 1. The molecule has 0 aromatic carbocycles. The molecule has 1 amide bonds. The molecule has 1 aliphatic heterocycles. The zero-order chi connectivity index (χ0) is 18.5. The molecule has 0 aliphatic carbocycles. The van der Waals surface area contributed by atoms with Crippen LogP contribution in [0.15, 0.2) is 35.4 Å². The Kier molecular flexibility index (Phi) is 5.78. The van der Waals surface area contributed by atoms with Gasteiger partial charge in [-0.05, 0) is 44.4 Å². The fourth-order valence-corrected chi connectivity index (χ4v) is 3.20. The Balaban J connectivity index is 1.59. The van der Waals surface area contributed by atoms with Gasteiger partial charge in [-0.1, -0.05) is 6.07 Å². The monoisotopic (exact) mass is 356 g/mol. The third-order valence-corrected chi connectivity index (χ3v) is 4.58. The lowest BCUT2D eigenvalue weighted by atomic mass is 10.1. The van der Waals surface area contributed by atoms with Crippen LogP contribution in [0.5, 0.6) is 0 Å². The Morgan fingerprint density at radius 2 is 2.23 bits per heavy atom. The van der Waals surface area contributed by atoms with Gasteiger partial charge in [0.1, 0.15) is 6.54 Å². The number of rotatable bonds is 5. The van der Waals surface area contributed by atoms with Gasteiger partial charge >= 0.3 is 5.69 Å². The quantitative estimate of drug-likeness (QED) is 0.811. The minimum absolute atomic E-state index is 0.00173. The van der Waals surface area contributed by atoms with Gasteiger partial charge in [0.05, 0.1) is 12.7 Å². The topological polar surface area (TPSA) is 77.3 Å². The number of piperidine rings is 1. The number of aromatic nitrogens is 3. The molecular weight excluding hydrogens is 332 g/mol. The molecule has 0 spiro atoms. The van der Waals surface area contributed by atoms with Crippen molar-refractivity contribution in [3.05, 3.63) is 58.0 Å². The lowest BCUT2D eigenvalue weighted by Gasteiger charge is -2.33. The summed E-state index contributed by atoms with van der Waals surface area (Å²) in [4.78, 5) is 34.5. The van der Waals surface area contributed by atoms with E-state index < -0.39 is 0 Å². The fourth-order valence-electron chi connectivity index (χ4n) is 3.20. The van der Waals surface area contributed by atoms with Crippen LogP contribution in [0, 0.1) is 13.8 Å². The number of aryl methyl sites for hydroxylation is 2. The Hall–Kier alpha value is -2.54. The molecule has 0 radical (unpaired) electrons. The average Bonchev–Trinajstić information content (AvgIpc) is 2.64. The van der Waals surface area contributed by atoms with E-state index in [1.807, 2.05) is 25.1 Å². The summed E-state index contributed by atoms with van der Waals surface area (Å²) in [5, 5.41) is 0. The van der Waals surface area contributed by atoms with Gasteiger partial charge < -0.3 is 9.64 Å². The van der Waals surface area contributed by atoms with Crippen molar-refractivity contribution in [1.29, 1.82) is 0 Å². The van der Waals surface area contributed by atoms with Crippen LogP contribution < -0.4 is 5.69 Å². The summed E-state index contributed by atoms with van der Waals surface area (Å²) in [5.74, 6) is -0.0736. The van der Waals surface area contributed by atoms with Crippen LogP contribution in [0.4, 0.5) is 0 Å². The first-order chi connectivity index (χ1) is 12.5. The molecule has 0 N–H and O–H groups in total. The Bertz CT molecular complexity index is 819. The van der Waals surface area contributed by atoms with E-state index in [-0.39, 0.29) is 24.2 Å². The van der Waals surface area contributed by atoms with Crippen molar-refractivity contribution in [2.24, 2.45) is 0 Å². The summed E-state index contributed by atoms with van der Waals surface area (Å²) in [6.45, 7) is 5.34. The van der Waals surface area contributed by atoms with Gasteiger partial charge in [0.2, 0.25) is 5.91 Å². The number of hydrogen-bond donors (Lipinski definition) is 0. The van der Waals surface area contributed by atoms with E-state index >= 15 is 0 Å². The minimum Gasteiger partial charge on any atom is -0.372 e. The van der Waals surface area contributed by atoms with Crippen molar-refractivity contribution in [3.8, 4) is 0 Å². The van der Waals surface area contributed by atoms with E-state index in [0.717, 1.165) is 24.1 Å². The van der Waals surface area contributed by atoms with Crippen LogP contribution in [-0.4, -0.2) is 44.5 Å². The summed E-state index contributed by atoms with van der Waals surface area (Å²) in [7, 11) is 0. The Labute approximate surface area is 152 Å². The van der Waals surface area contributed by atoms with Crippen molar-refractivity contribution in [2.45, 2.75) is 45.9 Å². The van der Waals surface area contributed by atoms with E-state index in [0.29, 0.717) is 25.4 Å². The average molecular weight is 356 g/mol.